The van der Waals surface area contributed by atoms with Crippen molar-refractivity contribution in [2.45, 2.75) is 26.7 Å². The largest absolute Gasteiger partial charge is 0.370 e. The predicted molar refractivity (Wildman–Crippen MR) is 80.4 cm³/mol. The Morgan fingerprint density at radius 3 is 2.63 bits per heavy atom. The van der Waals surface area contributed by atoms with Crippen LogP contribution in [0.4, 0.5) is 11.6 Å². The van der Waals surface area contributed by atoms with Crippen LogP contribution in [-0.4, -0.2) is 45.3 Å². The standard InChI is InChI=1S/C13H22N4OS/c1-4-14-12-11(10(2)3)13(16-9-15-12)17-5-7-19(18)8-6-17/h9-10H,4-8H2,1-3H3,(H,14,15,16). The van der Waals surface area contributed by atoms with Gasteiger partial charge in [0.15, 0.2) is 0 Å². The molecule has 1 N–H and O–H groups in total. The molecule has 0 bridgehead atoms. The second-order valence-electron chi connectivity index (χ2n) is 4.98. The van der Waals surface area contributed by atoms with Crippen LogP contribution in [0.5, 0.6) is 0 Å². The van der Waals surface area contributed by atoms with Crippen LogP contribution in [0.2, 0.25) is 0 Å². The average Bonchev–Trinajstić information content (AvgIpc) is 2.39. The van der Waals surface area contributed by atoms with E-state index in [0.717, 1.165) is 48.3 Å². The molecule has 1 aromatic rings. The molecule has 2 rings (SSSR count). The fourth-order valence-electron chi connectivity index (χ4n) is 2.33. The van der Waals surface area contributed by atoms with Crippen molar-refractivity contribution < 1.29 is 4.21 Å². The lowest BCUT2D eigenvalue weighted by molar-refractivity contribution is 0.671. The lowest BCUT2D eigenvalue weighted by Crippen LogP contribution is -2.39. The van der Waals surface area contributed by atoms with Crippen molar-refractivity contribution in [1.82, 2.24) is 9.97 Å². The Kier molecular flexibility index (Phi) is 4.74. The van der Waals surface area contributed by atoms with Crippen LogP contribution in [0.3, 0.4) is 0 Å². The summed E-state index contributed by atoms with van der Waals surface area (Å²) in [7, 11) is -0.661. The summed E-state index contributed by atoms with van der Waals surface area (Å²) < 4.78 is 11.5. The fraction of sp³-hybridized carbons (Fsp3) is 0.692. The lowest BCUT2D eigenvalue weighted by Gasteiger charge is -2.30. The second-order valence-corrected chi connectivity index (χ2v) is 6.68. The van der Waals surface area contributed by atoms with Gasteiger partial charge in [-0.15, -0.1) is 0 Å². The van der Waals surface area contributed by atoms with Crippen LogP contribution in [0, 0.1) is 0 Å². The van der Waals surface area contributed by atoms with Gasteiger partial charge < -0.3 is 10.2 Å². The predicted octanol–water partition coefficient (Wildman–Crippen LogP) is 1.60. The van der Waals surface area contributed by atoms with Crippen molar-refractivity contribution in [2.24, 2.45) is 0 Å². The molecule has 1 aromatic heterocycles. The number of nitrogens with zero attached hydrogens (tertiary/aromatic N) is 3. The number of nitrogens with one attached hydrogen (secondary N) is 1. The zero-order valence-electron chi connectivity index (χ0n) is 11.8. The van der Waals surface area contributed by atoms with Crippen molar-refractivity contribution in [1.29, 1.82) is 0 Å². The first-order chi connectivity index (χ1) is 9.13. The molecule has 0 unspecified atom stereocenters. The SMILES string of the molecule is CCNc1ncnc(N2CCS(=O)CC2)c1C(C)C. The lowest BCUT2D eigenvalue weighted by atomic mass is 10.0. The van der Waals surface area contributed by atoms with E-state index in [1.165, 1.54) is 0 Å². The van der Waals surface area contributed by atoms with Crippen LogP contribution < -0.4 is 10.2 Å². The summed E-state index contributed by atoms with van der Waals surface area (Å²) in [6.45, 7) is 8.86. The van der Waals surface area contributed by atoms with Crippen LogP contribution >= 0.6 is 0 Å². The summed E-state index contributed by atoms with van der Waals surface area (Å²) in [6, 6.07) is 0. The fourth-order valence-corrected chi connectivity index (χ4v) is 3.38. The molecule has 6 heteroatoms. The van der Waals surface area contributed by atoms with E-state index in [1.54, 1.807) is 6.33 Å². The molecule has 1 aliphatic rings. The summed E-state index contributed by atoms with van der Waals surface area (Å²) in [5.74, 6) is 3.75. The van der Waals surface area contributed by atoms with E-state index in [4.69, 9.17) is 0 Å². The summed E-state index contributed by atoms with van der Waals surface area (Å²) in [5, 5.41) is 3.31. The first-order valence-electron chi connectivity index (χ1n) is 6.82. The smallest absolute Gasteiger partial charge is 0.137 e. The van der Waals surface area contributed by atoms with E-state index in [2.05, 4.69) is 41.0 Å². The van der Waals surface area contributed by atoms with E-state index in [1.807, 2.05) is 0 Å². The maximum Gasteiger partial charge on any atom is 0.137 e. The number of hydrogen-bond donors (Lipinski definition) is 1. The summed E-state index contributed by atoms with van der Waals surface area (Å²) in [6.07, 6.45) is 1.62. The minimum absolute atomic E-state index is 0.359. The summed E-state index contributed by atoms with van der Waals surface area (Å²) >= 11 is 0. The van der Waals surface area contributed by atoms with Gasteiger partial charge in [0.25, 0.3) is 0 Å². The van der Waals surface area contributed by atoms with Crippen LogP contribution in [0.1, 0.15) is 32.3 Å². The average molecular weight is 282 g/mol. The molecule has 2 heterocycles. The molecule has 1 aliphatic heterocycles. The maximum absolute atomic E-state index is 11.5. The molecule has 0 aliphatic carbocycles. The number of hydrogen-bond acceptors (Lipinski definition) is 5. The highest BCUT2D eigenvalue weighted by atomic mass is 32.2. The van der Waals surface area contributed by atoms with E-state index >= 15 is 0 Å². The summed E-state index contributed by atoms with van der Waals surface area (Å²) in [5.41, 5.74) is 1.16. The Labute approximate surface area is 117 Å². The molecule has 1 fully saturated rings. The van der Waals surface area contributed by atoms with Crippen molar-refractivity contribution >= 4 is 22.4 Å². The molecular formula is C13H22N4OS. The van der Waals surface area contributed by atoms with Gasteiger partial charge in [-0.1, -0.05) is 13.8 Å². The highest BCUT2D eigenvalue weighted by Crippen LogP contribution is 2.31. The number of anilines is 2. The molecule has 0 amide bonds. The van der Waals surface area contributed by atoms with Gasteiger partial charge in [-0.3, -0.25) is 4.21 Å². The molecule has 1 saturated heterocycles. The van der Waals surface area contributed by atoms with E-state index in [-0.39, 0.29) is 0 Å². The van der Waals surface area contributed by atoms with E-state index in [0.29, 0.717) is 5.92 Å². The van der Waals surface area contributed by atoms with Crippen molar-refractivity contribution in [2.75, 3.05) is 41.4 Å². The van der Waals surface area contributed by atoms with Crippen molar-refractivity contribution in [3.8, 4) is 0 Å². The number of aromatic nitrogens is 2. The minimum Gasteiger partial charge on any atom is -0.370 e. The van der Waals surface area contributed by atoms with Crippen LogP contribution in [-0.2, 0) is 10.8 Å². The Morgan fingerprint density at radius 1 is 1.37 bits per heavy atom. The summed E-state index contributed by atoms with van der Waals surface area (Å²) in [4.78, 5) is 11.1. The zero-order chi connectivity index (χ0) is 13.8. The van der Waals surface area contributed by atoms with Gasteiger partial charge in [0.05, 0.1) is 0 Å². The highest BCUT2D eigenvalue weighted by molar-refractivity contribution is 7.85. The Bertz CT molecular complexity index is 454. The Balaban J connectivity index is 2.33. The molecular weight excluding hydrogens is 260 g/mol. The van der Waals surface area contributed by atoms with Gasteiger partial charge in [0.1, 0.15) is 18.0 Å². The van der Waals surface area contributed by atoms with Gasteiger partial charge in [-0.25, -0.2) is 9.97 Å². The topological polar surface area (TPSA) is 58.1 Å². The third kappa shape index (κ3) is 3.23. The first kappa shape index (κ1) is 14.2. The van der Waals surface area contributed by atoms with E-state index in [9.17, 15) is 4.21 Å². The highest BCUT2D eigenvalue weighted by Gasteiger charge is 2.22. The first-order valence-corrected chi connectivity index (χ1v) is 8.31. The zero-order valence-corrected chi connectivity index (χ0v) is 12.7. The molecule has 5 nitrogen and oxygen atoms in total. The van der Waals surface area contributed by atoms with E-state index < -0.39 is 10.8 Å². The van der Waals surface area contributed by atoms with Gasteiger partial charge >= 0.3 is 0 Å². The van der Waals surface area contributed by atoms with Gasteiger partial charge in [-0.2, -0.15) is 0 Å². The number of rotatable bonds is 4. The molecule has 0 atom stereocenters. The third-order valence-electron chi connectivity index (χ3n) is 3.26. The maximum atomic E-state index is 11.5. The third-order valence-corrected chi connectivity index (χ3v) is 4.54. The molecule has 0 spiro atoms. The van der Waals surface area contributed by atoms with Crippen molar-refractivity contribution in [3.05, 3.63) is 11.9 Å². The molecule has 19 heavy (non-hydrogen) atoms. The van der Waals surface area contributed by atoms with Crippen LogP contribution in [0.15, 0.2) is 6.33 Å². The quantitative estimate of drug-likeness (QED) is 0.909. The van der Waals surface area contributed by atoms with Gasteiger partial charge in [0, 0.05) is 47.5 Å². The Hall–Kier alpha value is -1.17. The molecule has 106 valence electrons. The molecule has 0 radical (unpaired) electrons. The second kappa shape index (κ2) is 6.32. The van der Waals surface area contributed by atoms with Gasteiger partial charge in [0.2, 0.25) is 0 Å². The van der Waals surface area contributed by atoms with Crippen LogP contribution in [0.25, 0.3) is 0 Å². The minimum atomic E-state index is -0.661. The van der Waals surface area contributed by atoms with Gasteiger partial charge in [-0.05, 0) is 12.8 Å². The van der Waals surface area contributed by atoms with Crippen molar-refractivity contribution in [3.63, 3.8) is 0 Å². The Morgan fingerprint density at radius 2 is 2.05 bits per heavy atom. The molecule has 0 aromatic carbocycles. The normalized spacial score (nSPS) is 16.9. The molecule has 0 saturated carbocycles. The monoisotopic (exact) mass is 282 g/mol.